The molecule has 5 heteroatoms. The second kappa shape index (κ2) is 6.18. The lowest BCUT2D eigenvalue weighted by Crippen LogP contribution is -2.50. The highest BCUT2D eigenvalue weighted by molar-refractivity contribution is 5.77. The Bertz CT molecular complexity index is 835. The zero-order valence-corrected chi connectivity index (χ0v) is 15.5. The number of aromatic nitrogens is 1. The zero-order valence-electron chi connectivity index (χ0n) is 15.5. The van der Waals surface area contributed by atoms with Crippen molar-refractivity contribution in [2.75, 3.05) is 0 Å². The molecule has 4 saturated carbocycles. The minimum absolute atomic E-state index is 0.0488. The molecule has 0 spiro atoms. The Morgan fingerprint density at radius 3 is 2.33 bits per heavy atom. The highest BCUT2D eigenvalue weighted by Gasteiger charge is 2.55. The smallest absolute Gasteiger partial charge is 0.312 e. The van der Waals surface area contributed by atoms with Crippen LogP contribution < -0.4 is 0 Å². The molecular weight excluding hydrogens is 345 g/mol. The van der Waals surface area contributed by atoms with E-state index >= 15 is 0 Å². The number of esters is 1. The maximum absolute atomic E-state index is 13.1. The van der Waals surface area contributed by atoms with Gasteiger partial charge in [-0.05, 0) is 87.5 Å². The van der Waals surface area contributed by atoms with Crippen molar-refractivity contribution in [2.45, 2.75) is 52.1 Å². The molecule has 4 aliphatic rings. The third-order valence-electron chi connectivity index (χ3n) is 6.94. The van der Waals surface area contributed by atoms with Gasteiger partial charge in [0.05, 0.1) is 5.41 Å². The van der Waals surface area contributed by atoms with E-state index in [4.69, 9.17) is 9.26 Å². The summed E-state index contributed by atoms with van der Waals surface area (Å²) in [6, 6.07) is 6.11. The van der Waals surface area contributed by atoms with Crippen LogP contribution in [0.5, 0.6) is 0 Å². The van der Waals surface area contributed by atoms with Gasteiger partial charge >= 0.3 is 5.97 Å². The van der Waals surface area contributed by atoms with E-state index < -0.39 is 0 Å². The van der Waals surface area contributed by atoms with Gasteiger partial charge in [-0.15, -0.1) is 0 Å². The molecule has 0 N–H and O–H groups in total. The van der Waals surface area contributed by atoms with Crippen molar-refractivity contribution in [2.24, 2.45) is 23.2 Å². The van der Waals surface area contributed by atoms with E-state index in [9.17, 15) is 9.18 Å². The van der Waals surface area contributed by atoms with Crippen LogP contribution in [0.1, 0.15) is 49.8 Å². The summed E-state index contributed by atoms with van der Waals surface area (Å²) in [5.41, 5.74) is 1.97. The second-order valence-electron chi connectivity index (χ2n) is 8.86. The Morgan fingerprint density at radius 1 is 1.15 bits per heavy atom. The van der Waals surface area contributed by atoms with E-state index in [1.165, 1.54) is 31.4 Å². The van der Waals surface area contributed by atoms with Crippen LogP contribution in [0.4, 0.5) is 4.39 Å². The van der Waals surface area contributed by atoms with Crippen LogP contribution in [0.25, 0.3) is 11.3 Å². The van der Waals surface area contributed by atoms with Crippen LogP contribution in [-0.4, -0.2) is 11.1 Å². The number of ether oxygens (including phenoxy) is 1. The van der Waals surface area contributed by atoms with Gasteiger partial charge in [0.1, 0.15) is 18.1 Å². The summed E-state index contributed by atoms with van der Waals surface area (Å²) >= 11 is 0. The largest absolute Gasteiger partial charge is 0.459 e. The summed E-state index contributed by atoms with van der Waals surface area (Å²) in [5.74, 6) is 2.39. The normalized spacial score (nSPS) is 31.3. The van der Waals surface area contributed by atoms with Crippen LogP contribution in [0.2, 0.25) is 0 Å². The molecule has 0 aliphatic heterocycles. The molecule has 0 radical (unpaired) electrons. The molecule has 0 unspecified atom stereocenters. The SMILES string of the molecule is Cc1c(COC(=O)C23CC4CC(CC(C4)C2)C3)noc1-c1ccc(F)cc1. The van der Waals surface area contributed by atoms with Gasteiger partial charge in [0.15, 0.2) is 5.76 Å². The quantitative estimate of drug-likeness (QED) is 0.708. The monoisotopic (exact) mass is 369 g/mol. The maximum Gasteiger partial charge on any atom is 0.312 e. The van der Waals surface area contributed by atoms with Crippen LogP contribution in [-0.2, 0) is 16.1 Å². The van der Waals surface area contributed by atoms with Crippen molar-refractivity contribution in [1.29, 1.82) is 0 Å². The van der Waals surface area contributed by atoms with E-state index in [1.807, 2.05) is 6.92 Å². The third-order valence-corrected chi connectivity index (χ3v) is 6.94. The number of nitrogens with zero attached hydrogens (tertiary/aromatic N) is 1. The van der Waals surface area contributed by atoms with Crippen molar-refractivity contribution in [3.63, 3.8) is 0 Å². The maximum atomic E-state index is 13.1. The lowest BCUT2D eigenvalue weighted by Gasteiger charge is -2.55. The van der Waals surface area contributed by atoms with Gasteiger partial charge in [-0.3, -0.25) is 4.79 Å². The lowest BCUT2D eigenvalue weighted by molar-refractivity contribution is -0.173. The minimum atomic E-state index is -0.291. The van der Waals surface area contributed by atoms with Gasteiger partial charge in [-0.2, -0.15) is 0 Å². The topological polar surface area (TPSA) is 52.3 Å². The first-order valence-corrected chi connectivity index (χ1v) is 9.91. The molecule has 4 fully saturated rings. The number of hydrogen-bond donors (Lipinski definition) is 0. The Morgan fingerprint density at radius 2 is 1.74 bits per heavy atom. The van der Waals surface area contributed by atoms with Gasteiger partial charge in [0.2, 0.25) is 0 Å². The van der Waals surface area contributed by atoms with Crippen LogP contribution in [0, 0.1) is 35.9 Å². The summed E-state index contributed by atoms with van der Waals surface area (Å²) < 4.78 is 24.3. The average molecular weight is 369 g/mol. The highest BCUT2D eigenvalue weighted by Crippen LogP contribution is 2.60. The molecule has 4 bridgehead atoms. The highest BCUT2D eigenvalue weighted by atomic mass is 19.1. The molecule has 0 saturated heterocycles. The van der Waals surface area contributed by atoms with Gasteiger partial charge in [-0.25, -0.2) is 4.39 Å². The Kier molecular flexibility index (Phi) is 3.88. The van der Waals surface area contributed by atoms with E-state index in [0.29, 0.717) is 29.2 Å². The van der Waals surface area contributed by atoms with Crippen molar-refractivity contribution < 1.29 is 18.4 Å². The summed E-state index contributed by atoms with van der Waals surface area (Å²) in [6.07, 6.45) is 6.89. The number of carbonyl (C=O) groups is 1. The molecule has 142 valence electrons. The molecule has 0 amide bonds. The lowest BCUT2D eigenvalue weighted by atomic mass is 9.49. The van der Waals surface area contributed by atoms with Crippen molar-refractivity contribution in [3.05, 3.63) is 41.3 Å². The summed E-state index contributed by atoms with van der Waals surface area (Å²) in [5, 5.41) is 4.09. The van der Waals surface area contributed by atoms with E-state index in [0.717, 1.165) is 30.4 Å². The van der Waals surface area contributed by atoms with Gasteiger partial charge < -0.3 is 9.26 Å². The number of hydrogen-bond acceptors (Lipinski definition) is 4. The van der Waals surface area contributed by atoms with Crippen molar-refractivity contribution in [3.8, 4) is 11.3 Å². The Hall–Kier alpha value is -2.17. The van der Waals surface area contributed by atoms with Crippen molar-refractivity contribution in [1.82, 2.24) is 5.16 Å². The van der Waals surface area contributed by atoms with E-state index in [-0.39, 0.29) is 23.8 Å². The van der Waals surface area contributed by atoms with Crippen LogP contribution in [0.3, 0.4) is 0 Å². The molecule has 1 aromatic carbocycles. The number of rotatable bonds is 4. The molecule has 1 aromatic heterocycles. The molecule has 0 atom stereocenters. The van der Waals surface area contributed by atoms with Gasteiger partial charge in [0.25, 0.3) is 0 Å². The summed E-state index contributed by atoms with van der Waals surface area (Å²) in [6.45, 7) is 2.03. The molecule has 2 aromatic rings. The Labute approximate surface area is 158 Å². The van der Waals surface area contributed by atoms with Crippen LogP contribution in [0.15, 0.2) is 28.8 Å². The number of benzene rings is 1. The number of carbonyl (C=O) groups excluding carboxylic acids is 1. The van der Waals surface area contributed by atoms with E-state index in [2.05, 4.69) is 5.16 Å². The Balaban J connectivity index is 1.29. The predicted molar refractivity (Wildman–Crippen MR) is 97.0 cm³/mol. The third kappa shape index (κ3) is 2.88. The summed E-state index contributed by atoms with van der Waals surface area (Å²) in [4.78, 5) is 13.0. The molecule has 27 heavy (non-hydrogen) atoms. The van der Waals surface area contributed by atoms with Gasteiger partial charge in [0, 0.05) is 11.1 Å². The average Bonchev–Trinajstić information content (AvgIpc) is 3.00. The molecule has 1 heterocycles. The first kappa shape index (κ1) is 17.0. The first-order chi connectivity index (χ1) is 13.0. The fraction of sp³-hybridized carbons (Fsp3) is 0.545. The van der Waals surface area contributed by atoms with Crippen LogP contribution >= 0.6 is 0 Å². The zero-order chi connectivity index (χ0) is 18.6. The molecule has 6 rings (SSSR count). The summed E-state index contributed by atoms with van der Waals surface area (Å²) in [7, 11) is 0. The fourth-order valence-corrected chi connectivity index (χ4v) is 6.02. The number of halogens is 1. The van der Waals surface area contributed by atoms with Crippen molar-refractivity contribution >= 4 is 5.97 Å². The van der Waals surface area contributed by atoms with E-state index in [1.54, 1.807) is 12.1 Å². The molecule has 4 nitrogen and oxygen atoms in total. The first-order valence-electron chi connectivity index (χ1n) is 9.91. The predicted octanol–water partition coefficient (Wildman–Crippen LogP) is 5.05. The minimum Gasteiger partial charge on any atom is -0.459 e. The standard InChI is InChI=1S/C22H24FNO3/c1-13-19(24-27-20(13)17-2-4-18(23)5-3-17)12-26-21(25)22-9-14-6-15(10-22)8-16(7-14)11-22/h2-5,14-16H,6-12H2,1H3. The van der Waals surface area contributed by atoms with Gasteiger partial charge in [-0.1, -0.05) is 5.16 Å². The molecule has 4 aliphatic carbocycles. The molecular formula is C22H24FNO3. The second-order valence-corrected chi connectivity index (χ2v) is 8.86. The fourth-order valence-electron chi connectivity index (χ4n) is 6.02.